The molecule has 1 aromatic rings. The van der Waals surface area contributed by atoms with Gasteiger partial charge in [0.1, 0.15) is 0 Å². The zero-order valence-corrected chi connectivity index (χ0v) is 8.70. The van der Waals surface area contributed by atoms with Crippen molar-refractivity contribution in [1.82, 2.24) is 13.7 Å². The van der Waals surface area contributed by atoms with Crippen LogP contribution in [0.1, 0.15) is 0 Å². The van der Waals surface area contributed by atoms with Gasteiger partial charge in [0, 0.05) is 21.1 Å². The topological polar surface area (TPSA) is 31.9 Å². The fourth-order valence-corrected chi connectivity index (χ4v) is 1.31. The molecule has 0 aromatic carbocycles. The molecule has 0 unspecified atom stereocenters. The molecule has 66 valence electrons. The van der Waals surface area contributed by atoms with E-state index in [2.05, 4.69) is 0 Å². The fraction of sp³-hybridized carbons (Fsp3) is 0.500. The summed E-state index contributed by atoms with van der Waals surface area (Å²) in [5.74, 6) is 0. The second-order valence-electron chi connectivity index (χ2n) is 2.52. The number of nitrogens with zero attached hydrogens (tertiary/aromatic N) is 3. The molecule has 0 radical (unpaired) electrons. The first-order valence-electron chi connectivity index (χ1n) is 3.30. The molecule has 0 saturated heterocycles. The van der Waals surface area contributed by atoms with Gasteiger partial charge in [-0.25, -0.2) is 4.79 Å². The third kappa shape index (κ3) is 1.16. The zero-order valence-electron chi connectivity index (χ0n) is 7.07. The van der Waals surface area contributed by atoms with Crippen molar-refractivity contribution in [1.29, 1.82) is 0 Å². The standard InChI is InChI=1S/C6H9N3OS2/c1-7-4(10)8(2)6(12)9(3)5(7)11/h1-3H3. The van der Waals surface area contributed by atoms with E-state index in [0.29, 0.717) is 9.54 Å². The smallest absolute Gasteiger partial charge is 0.298 e. The average Bonchev–Trinajstić information content (AvgIpc) is 2.08. The van der Waals surface area contributed by atoms with Crippen molar-refractivity contribution in [2.24, 2.45) is 21.1 Å². The second-order valence-corrected chi connectivity index (χ2v) is 3.26. The Hall–Kier alpha value is -0.750. The summed E-state index contributed by atoms with van der Waals surface area (Å²) in [6.07, 6.45) is 0. The quantitative estimate of drug-likeness (QED) is 0.576. The van der Waals surface area contributed by atoms with Gasteiger partial charge in [-0.3, -0.25) is 13.7 Å². The molecule has 0 bridgehead atoms. The third-order valence-electron chi connectivity index (χ3n) is 1.72. The van der Waals surface area contributed by atoms with Gasteiger partial charge in [0.05, 0.1) is 0 Å². The minimum Gasteiger partial charge on any atom is -0.298 e. The third-order valence-corrected chi connectivity index (χ3v) is 2.82. The van der Waals surface area contributed by atoms with Crippen molar-refractivity contribution in [3.63, 3.8) is 0 Å². The van der Waals surface area contributed by atoms with E-state index in [4.69, 9.17) is 24.4 Å². The largest absolute Gasteiger partial charge is 0.332 e. The van der Waals surface area contributed by atoms with E-state index in [1.807, 2.05) is 0 Å². The number of hydrogen-bond acceptors (Lipinski definition) is 3. The highest BCUT2D eigenvalue weighted by atomic mass is 32.1. The molecule has 6 heteroatoms. The lowest BCUT2D eigenvalue weighted by Gasteiger charge is -2.07. The van der Waals surface area contributed by atoms with Gasteiger partial charge in [-0.1, -0.05) is 0 Å². The normalized spacial score (nSPS) is 10.2. The molecular weight excluding hydrogens is 194 g/mol. The van der Waals surface area contributed by atoms with Gasteiger partial charge < -0.3 is 0 Å². The molecule has 1 heterocycles. The van der Waals surface area contributed by atoms with Crippen LogP contribution in [-0.2, 0) is 21.1 Å². The highest BCUT2D eigenvalue weighted by Crippen LogP contribution is 1.87. The van der Waals surface area contributed by atoms with Crippen molar-refractivity contribution in [2.45, 2.75) is 0 Å². The Labute approximate surface area is 79.7 Å². The van der Waals surface area contributed by atoms with Crippen molar-refractivity contribution in [2.75, 3.05) is 0 Å². The van der Waals surface area contributed by atoms with E-state index in [1.165, 1.54) is 9.13 Å². The van der Waals surface area contributed by atoms with Gasteiger partial charge in [0.25, 0.3) is 0 Å². The summed E-state index contributed by atoms with van der Waals surface area (Å²) in [4.78, 5) is 11.3. The van der Waals surface area contributed by atoms with Crippen molar-refractivity contribution in [3.8, 4) is 0 Å². The summed E-state index contributed by atoms with van der Waals surface area (Å²) in [5.41, 5.74) is -0.192. The van der Waals surface area contributed by atoms with Crippen molar-refractivity contribution in [3.05, 3.63) is 20.0 Å². The molecule has 0 spiro atoms. The van der Waals surface area contributed by atoms with E-state index in [-0.39, 0.29) is 5.69 Å². The molecule has 0 atom stereocenters. The summed E-state index contributed by atoms with van der Waals surface area (Å²) in [5, 5.41) is 0. The van der Waals surface area contributed by atoms with Gasteiger partial charge >= 0.3 is 5.69 Å². The van der Waals surface area contributed by atoms with Gasteiger partial charge in [0.2, 0.25) is 0 Å². The average molecular weight is 203 g/mol. The summed E-state index contributed by atoms with van der Waals surface area (Å²) in [6.45, 7) is 0. The van der Waals surface area contributed by atoms with Crippen LogP contribution in [0.4, 0.5) is 0 Å². The van der Waals surface area contributed by atoms with Gasteiger partial charge in [-0.15, -0.1) is 0 Å². The van der Waals surface area contributed by atoms with Crippen LogP contribution in [0.25, 0.3) is 0 Å². The maximum Gasteiger partial charge on any atom is 0.332 e. The monoisotopic (exact) mass is 203 g/mol. The molecule has 1 rings (SSSR count). The van der Waals surface area contributed by atoms with Crippen molar-refractivity contribution < 1.29 is 0 Å². The van der Waals surface area contributed by atoms with E-state index in [9.17, 15) is 4.79 Å². The molecule has 0 aliphatic carbocycles. The van der Waals surface area contributed by atoms with E-state index >= 15 is 0 Å². The zero-order chi connectivity index (χ0) is 9.46. The van der Waals surface area contributed by atoms with Crippen LogP contribution in [0.5, 0.6) is 0 Å². The van der Waals surface area contributed by atoms with Crippen LogP contribution >= 0.6 is 24.4 Å². The molecule has 0 N–H and O–H groups in total. The van der Waals surface area contributed by atoms with E-state index in [1.54, 1.807) is 25.7 Å². The molecule has 0 aliphatic rings. The Morgan fingerprint density at radius 2 is 1.25 bits per heavy atom. The summed E-state index contributed by atoms with van der Waals surface area (Å²) >= 11 is 9.95. The maximum atomic E-state index is 11.3. The summed E-state index contributed by atoms with van der Waals surface area (Å²) in [7, 11) is 4.99. The Kier molecular flexibility index (Phi) is 2.29. The SMILES string of the molecule is Cn1c(=O)n(C)c(=S)n(C)c1=S. The lowest BCUT2D eigenvalue weighted by Crippen LogP contribution is -2.31. The van der Waals surface area contributed by atoms with E-state index in [0.717, 1.165) is 0 Å². The van der Waals surface area contributed by atoms with Crippen LogP contribution in [0.3, 0.4) is 0 Å². The van der Waals surface area contributed by atoms with Crippen LogP contribution in [0.2, 0.25) is 0 Å². The van der Waals surface area contributed by atoms with Gasteiger partial charge in [-0.05, 0) is 24.4 Å². The molecule has 0 saturated carbocycles. The Bertz CT molecular complexity index is 377. The minimum atomic E-state index is -0.192. The molecular formula is C6H9N3OS2. The number of hydrogen-bond donors (Lipinski definition) is 0. The molecule has 12 heavy (non-hydrogen) atoms. The molecule has 0 aliphatic heterocycles. The first-order chi connectivity index (χ1) is 5.46. The minimum absolute atomic E-state index is 0.192. The van der Waals surface area contributed by atoms with Crippen LogP contribution < -0.4 is 5.69 Å². The predicted octanol–water partition coefficient (Wildman–Crippen LogP) is 0.521. The molecule has 0 fully saturated rings. The first-order valence-corrected chi connectivity index (χ1v) is 4.11. The Morgan fingerprint density at radius 3 is 1.58 bits per heavy atom. The Balaban J connectivity index is 4.00. The number of rotatable bonds is 0. The fourth-order valence-electron chi connectivity index (χ4n) is 0.920. The van der Waals surface area contributed by atoms with Crippen molar-refractivity contribution >= 4 is 24.4 Å². The van der Waals surface area contributed by atoms with Crippen LogP contribution in [0.15, 0.2) is 4.79 Å². The lowest BCUT2D eigenvalue weighted by atomic mass is 10.8. The van der Waals surface area contributed by atoms with Crippen LogP contribution in [-0.4, -0.2) is 13.7 Å². The maximum absolute atomic E-state index is 11.3. The lowest BCUT2D eigenvalue weighted by molar-refractivity contribution is 0.589. The van der Waals surface area contributed by atoms with Gasteiger partial charge in [0.15, 0.2) is 9.54 Å². The molecule has 0 amide bonds. The van der Waals surface area contributed by atoms with Crippen LogP contribution in [0, 0.1) is 9.54 Å². The first kappa shape index (κ1) is 9.34. The molecule has 1 aromatic heterocycles. The summed E-state index contributed by atoms with van der Waals surface area (Å²) < 4.78 is 5.24. The highest BCUT2D eigenvalue weighted by Gasteiger charge is 2.00. The number of aromatic nitrogens is 3. The second kappa shape index (κ2) is 2.95. The summed E-state index contributed by atoms with van der Waals surface area (Å²) in [6, 6.07) is 0. The highest BCUT2D eigenvalue weighted by molar-refractivity contribution is 7.71. The predicted molar refractivity (Wildman–Crippen MR) is 51.3 cm³/mol. The van der Waals surface area contributed by atoms with Gasteiger partial charge in [-0.2, -0.15) is 0 Å². The Morgan fingerprint density at radius 1 is 0.917 bits per heavy atom. The van der Waals surface area contributed by atoms with E-state index < -0.39 is 0 Å². The molecule has 4 nitrogen and oxygen atoms in total.